The first-order valence-electron chi connectivity index (χ1n) is 5.95. The lowest BCUT2D eigenvalue weighted by atomic mass is 10.2. The minimum Gasteiger partial charge on any atom is -0.494 e. The highest BCUT2D eigenvalue weighted by atomic mass is 16.5. The summed E-state index contributed by atoms with van der Waals surface area (Å²) in [5.74, 6) is 0.670. The van der Waals surface area contributed by atoms with Gasteiger partial charge in [0.15, 0.2) is 0 Å². The van der Waals surface area contributed by atoms with Gasteiger partial charge >= 0.3 is 0 Å². The summed E-state index contributed by atoms with van der Waals surface area (Å²) in [6, 6.07) is 7.23. The van der Waals surface area contributed by atoms with Gasteiger partial charge in [-0.05, 0) is 31.2 Å². The number of carbonyl (C=O) groups is 1. The smallest absolute Gasteiger partial charge is 0.227 e. The van der Waals surface area contributed by atoms with Crippen LogP contribution in [-0.2, 0) is 9.53 Å². The maximum Gasteiger partial charge on any atom is 0.227 e. The van der Waals surface area contributed by atoms with E-state index in [1.165, 1.54) is 0 Å². The minimum absolute atomic E-state index is 0.114. The Morgan fingerprint density at radius 1 is 1.39 bits per heavy atom. The van der Waals surface area contributed by atoms with Crippen molar-refractivity contribution in [3.8, 4) is 5.75 Å². The number of amides is 1. The molecule has 1 aromatic carbocycles. The molecule has 0 fully saturated rings. The van der Waals surface area contributed by atoms with Crippen LogP contribution >= 0.6 is 0 Å². The number of rotatable bonds is 7. The second kappa shape index (κ2) is 7.68. The van der Waals surface area contributed by atoms with Gasteiger partial charge in [0.1, 0.15) is 5.75 Å². The molecule has 0 bridgehead atoms. The Balaban J connectivity index is 2.48. The van der Waals surface area contributed by atoms with Crippen molar-refractivity contribution in [2.75, 3.05) is 25.6 Å². The van der Waals surface area contributed by atoms with Gasteiger partial charge in [-0.3, -0.25) is 4.79 Å². The fourth-order valence-corrected chi connectivity index (χ4v) is 1.48. The molecule has 0 saturated carbocycles. The van der Waals surface area contributed by atoms with E-state index in [0.29, 0.717) is 13.2 Å². The van der Waals surface area contributed by atoms with Crippen molar-refractivity contribution in [3.63, 3.8) is 0 Å². The van der Waals surface area contributed by atoms with Crippen LogP contribution in [0.25, 0.3) is 0 Å². The van der Waals surface area contributed by atoms with Crippen molar-refractivity contribution in [3.05, 3.63) is 24.3 Å². The van der Waals surface area contributed by atoms with Crippen molar-refractivity contribution in [2.45, 2.75) is 19.4 Å². The molecule has 0 radical (unpaired) electrons. The van der Waals surface area contributed by atoms with E-state index in [2.05, 4.69) is 5.32 Å². The second-order valence-corrected chi connectivity index (χ2v) is 3.80. The number of anilines is 1. The number of benzene rings is 1. The van der Waals surface area contributed by atoms with Crippen LogP contribution in [0.15, 0.2) is 24.3 Å². The first-order valence-corrected chi connectivity index (χ1v) is 5.95. The third-order valence-electron chi connectivity index (χ3n) is 2.46. The summed E-state index contributed by atoms with van der Waals surface area (Å²) >= 11 is 0. The van der Waals surface area contributed by atoms with Crippen LogP contribution in [0.3, 0.4) is 0 Å². The maximum absolute atomic E-state index is 11.7. The largest absolute Gasteiger partial charge is 0.494 e. The number of hydrogen-bond acceptors (Lipinski definition) is 4. The fraction of sp³-hybridized carbons (Fsp3) is 0.462. The predicted molar refractivity (Wildman–Crippen MR) is 70.7 cm³/mol. The lowest BCUT2D eigenvalue weighted by Crippen LogP contribution is -2.28. The molecule has 0 aliphatic heterocycles. The Bertz CT molecular complexity index is 361. The van der Waals surface area contributed by atoms with Crippen molar-refractivity contribution >= 4 is 11.6 Å². The van der Waals surface area contributed by atoms with E-state index in [4.69, 9.17) is 15.2 Å². The van der Waals surface area contributed by atoms with Gasteiger partial charge in [-0.15, -0.1) is 0 Å². The molecule has 1 atom stereocenters. The van der Waals surface area contributed by atoms with E-state index in [0.717, 1.165) is 11.4 Å². The normalized spacial score (nSPS) is 11.9. The van der Waals surface area contributed by atoms with Gasteiger partial charge in [-0.25, -0.2) is 0 Å². The standard InChI is InChI=1S/C13H20N2O3/c1-3-18-11-6-4-10(5-7-11)15-13(16)8-12(9-14)17-2/h4-7,12H,3,8-9,14H2,1-2H3,(H,15,16). The van der Waals surface area contributed by atoms with E-state index in [1.54, 1.807) is 19.2 Å². The molecule has 0 saturated heterocycles. The molecule has 5 nitrogen and oxygen atoms in total. The first-order chi connectivity index (χ1) is 8.69. The molecular weight excluding hydrogens is 232 g/mol. The molecule has 100 valence electrons. The minimum atomic E-state index is -0.243. The average molecular weight is 252 g/mol. The zero-order valence-corrected chi connectivity index (χ0v) is 10.8. The Labute approximate surface area is 107 Å². The molecule has 0 heterocycles. The molecule has 0 spiro atoms. The zero-order chi connectivity index (χ0) is 13.4. The number of hydrogen-bond donors (Lipinski definition) is 2. The van der Waals surface area contributed by atoms with Gasteiger partial charge in [-0.2, -0.15) is 0 Å². The summed E-state index contributed by atoms with van der Waals surface area (Å²) in [5, 5.41) is 2.78. The van der Waals surface area contributed by atoms with Crippen molar-refractivity contribution in [1.29, 1.82) is 0 Å². The number of ether oxygens (including phenoxy) is 2. The Morgan fingerprint density at radius 3 is 2.56 bits per heavy atom. The molecule has 0 aromatic heterocycles. The summed E-state index contributed by atoms with van der Waals surface area (Å²) in [7, 11) is 1.54. The van der Waals surface area contributed by atoms with Crippen LogP contribution in [0.5, 0.6) is 5.75 Å². The third-order valence-corrected chi connectivity index (χ3v) is 2.46. The summed E-state index contributed by atoms with van der Waals surface area (Å²) < 4.78 is 10.4. The average Bonchev–Trinajstić information content (AvgIpc) is 2.38. The highest BCUT2D eigenvalue weighted by Gasteiger charge is 2.11. The zero-order valence-electron chi connectivity index (χ0n) is 10.8. The monoisotopic (exact) mass is 252 g/mol. The van der Waals surface area contributed by atoms with Gasteiger partial charge in [0.05, 0.1) is 19.1 Å². The van der Waals surface area contributed by atoms with E-state index < -0.39 is 0 Å². The van der Waals surface area contributed by atoms with E-state index in [-0.39, 0.29) is 18.4 Å². The van der Waals surface area contributed by atoms with Gasteiger partial charge in [-0.1, -0.05) is 0 Å². The van der Waals surface area contributed by atoms with Crippen LogP contribution in [0.4, 0.5) is 5.69 Å². The lowest BCUT2D eigenvalue weighted by Gasteiger charge is -2.12. The highest BCUT2D eigenvalue weighted by molar-refractivity contribution is 5.91. The van der Waals surface area contributed by atoms with Gasteiger partial charge in [0.2, 0.25) is 5.91 Å². The Kier molecular flexibility index (Phi) is 6.18. The number of nitrogens with two attached hydrogens (primary N) is 1. The van der Waals surface area contributed by atoms with Crippen LogP contribution in [0.1, 0.15) is 13.3 Å². The topological polar surface area (TPSA) is 73.6 Å². The SMILES string of the molecule is CCOc1ccc(NC(=O)CC(CN)OC)cc1. The van der Waals surface area contributed by atoms with E-state index >= 15 is 0 Å². The molecule has 18 heavy (non-hydrogen) atoms. The number of methoxy groups -OCH3 is 1. The van der Waals surface area contributed by atoms with Crippen LogP contribution in [0, 0.1) is 0 Å². The molecule has 1 unspecified atom stereocenters. The lowest BCUT2D eigenvalue weighted by molar-refractivity contribution is -0.118. The van der Waals surface area contributed by atoms with Crippen LogP contribution < -0.4 is 15.8 Å². The van der Waals surface area contributed by atoms with Crippen LogP contribution in [-0.4, -0.2) is 32.3 Å². The Hall–Kier alpha value is -1.59. The van der Waals surface area contributed by atoms with E-state index in [1.807, 2.05) is 19.1 Å². The molecule has 1 aromatic rings. The summed E-state index contributed by atoms with van der Waals surface area (Å²) in [4.78, 5) is 11.7. The van der Waals surface area contributed by atoms with Crippen molar-refractivity contribution in [2.24, 2.45) is 5.73 Å². The molecule has 1 rings (SSSR count). The van der Waals surface area contributed by atoms with Gasteiger partial charge in [0, 0.05) is 19.3 Å². The predicted octanol–water partition coefficient (Wildman–Crippen LogP) is 1.39. The van der Waals surface area contributed by atoms with Crippen molar-refractivity contribution < 1.29 is 14.3 Å². The van der Waals surface area contributed by atoms with Gasteiger partial charge in [0.25, 0.3) is 0 Å². The molecule has 0 aliphatic carbocycles. The second-order valence-electron chi connectivity index (χ2n) is 3.80. The molecule has 1 amide bonds. The third kappa shape index (κ3) is 4.73. The molecule has 5 heteroatoms. The number of nitrogens with one attached hydrogen (secondary N) is 1. The van der Waals surface area contributed by atoms with Crippen molar-refractivity contribution in [1.82, 2.24) is 0 Å². The summed E-state index contributed by atoms with van der Waals surface area (Å²) in [6.45, 7) is 2.87. The van der Waals surface area contributed by atoms with Crippen LogP contribution in [0.2, 0.25) is 0 Å². The summed E-state index contributed by atoms with van der Waals surface area (Å²) in [6.07, 6.45) is 0.00734. The highest BCUT2D eigenvalue weighted by Crippen LogP contribution is 2.15. The Morgan fingerprint density at radius 2 is 2.06 bits per heavy atom. The maximum atomic E-state index is 11.7. The number of carbonyl (C=O) groups excluding carboxylic acids is 1. The molecular formula is C13H20N2O3. The van der Waals surface area contributed by atoms with Gasteiger partial charge < -0.3 is 20.5 Å². The quantitative estimate of drug-likeness (QED) is 0.769. The fourth-order valence-electron chi connectivity index (χ4n) is 1.48. The first kappa shape index (κ1) is 14.5. The summed E-state index contributed by atoms with van der Waals surface area (Å²) in [5.41, 5.74) is 6.19. The van der Waals surface area contributed by atoms with E-state index in [9.17, 15) is 4.79 Å². The molecule has 3 N–H and O–H groups in total. The molecule has 0 aliphatic rings.